The van der Waals surface area contributed by atoms with Gasteiger partial charge in [-0.3, -0.25) is 0 Å². The fraction of sp³-hybridized carbons (Fsp3) is 0.333. The van der Waals surface area contributed by atoms with E-state index >= 15 is 0 Å². The van der Waals surface area contributed by atoms with Crippen LogP contribution in [0.3, 0.4) is 0 Å². The zero-order chi connectivity index (χ0) is 23.8. The van der Waals surface area contributed by atoms with Gasteiger partial charge >= 0.3 is 5.97 Å². The molecular weight excluding hydrogens is 470 g/mol. The molecule has 1 heterocycles. The van der Waals surface area contributed by atoms with E-state index in [1.165, 1.54) is 25.3 Å². The molecule has 0 atom stereocenters. The van der Waals surface area contributed by atoms with E-state index in [-0.39, 0.29) is 29.4 Å². The summed E-state index contributed by atoms with van der Waals surface area (Å²) in [5.74, 6) is -0.210. The minimum absolute atomic E-state index is 0.0394. The molecule has 0 spiro atoms. The summed E-state index contributed by atoms with van der Waals surface area (Å²) in [4.78, 5) is 12.4. The first-order chi connectivity index (χ1) is 15.8. The first-order valence-electron chi connectivity index (χ1n) is 10.2. The highest BCUT2D eigenvalue weighted by Crippen LogP contribution is 2.25. The Balaban J connectivity index is 1.73. The maximum atomic E-state index is 12.9. The SMILES string of the molecule is CCCCn1nnnc1COC(=O)c1ccc(OC)c(S(=O)(=O)NCc2ccc(Cl)cc2)c1. The van der Waals surface area contributed by atoms with Gasteiger partial charge in [0.05, 0.1) is 12.7 Å². The lowest BCUT2D eigenvalue weighted by Crippen LogP contribution is -2.24. The Morgan fingerprint density at radius 3 is 2.64 bits per heavy atom. The van der Waals surface area contributed by atoms with E-state index in [4.69, 9.17) is 21.1 Å². The van der Waals surface area contributed by atoms with Gasteiger partial charge in [0, 0.05) is 18.1 Å². The molecule has 10 nitrogen and oxygen atoms in total. The third-order valence-corrected chi connectivity index (χ3v) is 6.40. The fourth-order valence-corrected chi connectivity index (χ4v) is 4.23. The summed E-state index contributed by atoms with van der Waals surface area (Å²) in [7, 11) is -2.65. The van der Waals surface area contributed by atoms with Crippen LogP contribution in [0.1, 0.15) is 41.5 Å². The number of benzene rings is 2. The predicted molar refractivity (Wildman–Crippen MR) is 120 cm³/mol. The molecule has 3 rings (SSSR count). The lowest BCUT2D eigenvalue weighted by Gasteiger charge is -2.12. The number of carbonyl (C=O) groups is 1. The van der Waals surface area contributed by atoms with E-state index < -0.39 is 16.0 Å². The number of halogens is 1. The lowest BCUT2D eigenvalue weighted by atomic mass is 10.2. The number of carbonyl (C=O) groups excluding carboxylic acids is 1. The summed E-state index contributed by atoms with van der Waals surface area (Å²) < 4.78 is 40.4. The normalized spacial score (nSPS) is 11.4. The molecule has 0 radical (unpaired) electrons. The molecule has 176 valence electrons. The van der Waals surface area contributed by atoms with Crippen molar-refractivity contribution >= 4 is 27.6 Å². The third kappa shape index (κ3) is 6.50. The van der Waals surface area contributed by atoms with Crippen molar-refractivity contribution in [3.05, 3.63) is 64.4 Å². The smallest absolute Gasteiger partial charge is 0.338 e. The van der Waals surface area contributed by atoms with Crippen LogP contribution in [0.2, 0.25) is 5.02 Å². The van der Waals surface area contributed by atoms with Gasteiger partial charge in [0.2, 0.25) is 10.0 Å². The third-order valence-electron chi connectivity index (χ3n) is 4.73. The van der Waals surface area contributed by atoms with Crippen LogP contribution in [0.25, 0.3) is 0 Å². The largest absolute Gasteiger partial charge is 0.495 e. The van der Waals surface area contributed by atoms with Crippen LogP contribution >= 0.6 is 11.6 Å². The molecule has 1 aromatic heterocycles. The van der Waals surface area contributed by atoms with Crippen LogP contribution in [0, 0.1) is 0 Å². The molecule has 0 bridgehead atoms. The van der Waals surface area contributed by atoms with Crippen molar-refractivity contribution in [3.8, 4) is 5.75 Å². The van der Waals surface area contributed by atoms with E-state index in [0.717, 1.165) is 18.4 Å². The van der Waals surface area contributed by atoms with Crippen molar-refractivity contribution in [2.75, 3.05) is 7.11 Å². The van der Waals surface area contributed by atoms with Crippen LogP contribution in [-0.4, -0.2) is 41.7 Å². The number of methoxy groups -OCH3 is 1. The van der Waals surface area contributed by atoms with E-state index in [1.54, 1.807) is 28.9 Å². The highest BCUT2D eigenvalue weighted by atomic mass is 35.5. The molecule has 0 amide bonds. The molecule has 0 saturated carbocycles. The quantitative estimate of drug-likeness (QED) is 0.404. The topological polar surface area (TPSA) is 125 Å². The summed E-state index contributed by atoms with van der Waals surface area (Å²) in [6.45, 7) is 2.56. The van der Waals surface area contributed by atoms with Crippen LogP contribution < -0.4 is 9.46 Å². The maximum absolute atomic E-state index is 12.9. The van der Waals surface area contributed by atoms with Gasteiger partial charge < -0.3 is 9.47 Å². The van der Waals surface area contributed by atoms with Crippen LogP contribution in [0.5, 0.6) is 5.75 Å². The minimum Gasteiger partial charge on any atom is -0.495 e. The number of nitrogens with one attached hydrogen (secondary N) is 1. The van der Waals surface area contributed by atoms with Gasteiger partial charge in [0.1, 0.15) is 10.6 Å². The zero-order valence-corrected chi connectivity index (χ0v) is 19.8. The van der Waals surface area contributed by atoms with E-state index in [0.29, 0.717) is 17.4 Å². The molecule has 0 unspecified atom stereocenters. The Morgan fingerprint density at radius 2 is 1.94 bits per heavy atom. The van der Waals surface area contributed by atoms with Gasteiger partial charge in [-0.2, -0.15) is 0 Å². The molecular formula is C21H24ClN5O5S. The van der Waals surface area contributed by atoms with Gasteiger partial charge in [0.15, 0.2) is 12.4 Å². The molecule has 2 aromatic carbocycles. The molecule has 0 fully saturated rings. The average Bonchev–Trinajstić information content (AvgIpc) is 3.27. The molecule has 12 heteroatoms. The van der Waals surface area contributed by atoms with E-state index in [2.05, 4.69) is 20.2 Å². The Labute approximate surface area is 196 Å². The first-order valence-corrected chi connectivity index (χ1v) is 12.0. The van der Waals surface area contributed by atoms with Crippen LogP contribution in [0.4, 0.5) is 0 Å². The number of tetrazole rings is 1. The number of hydrogen-bond donors (Lipinski definition) is 1. The van der Waals surface area contributed by atoms with Crippen LogP contribution in [-0.2, 0) is 34.5 Å². The second kappa shape index (κ2) is 11.2. The highest BCUT2D eigenvalue weighted by molar-refractivity contribution is 7.89. The molecule has 0 aliphatic carbocycles. The number of hydrogen-bond acceptors (Lipinski definition) is 8. The predicted octanol–water partition coefficient (Wildman–Crippen LogP) is 2.97. The molecule has 0 saturated heterocycles. The number of sulfonamides is 1. The van der Waals surface area contributed by atoms with Gasteiger partial charge in [-0.05, 0) is 52.7 Å². The number of nitrogens with zero attached hydrogens (tertiary/aromatic N) is 4. The minimum atomic E-state index is -3.99. The summed E-state index contributed by atoms with van der Waals surface area (Å²) in [6.07, 6.45) is 1.85. The Kier molecular flexibility index (Phi) is 8.37. The summed E-state index contributed by atoms with van der Waals surface area (Å²) in [6, 6.07) is 10.8. The lowest BCUT2D eigenvalue weighted by molar-refractivity contribution is 0.0456. The average molecular weight is 494 g/mol. The van der Waals surface area contributed by atoms with Gasteiger partial charge in [-0.1, -0.05) is 37.1 Å². The molecule has 33 heavy (non-hydrogen) atoms. The van der Waals surface area contributed by atoms with Crippen molar-refractivity contribution in [2.45, 2.75) is 44.4 Å². The Bertz CT molecular complexity index is 1200. The van der Waals surface area contributed by atoms with Gasteiger partial charge in [0.25, 0.3) is 0 Å². The highest BCUT2D eigenvalue weighted by Gasteiger charge is 2.22. The summed E-state index contributed by atoms with van der Waals surface area (Å²) >= 11 is 5.86. The fourth-order valence-electron chi connectivity index (χ4n) is 2.89. The first kappa shape index (κ1) is 24.6. The van der Waals surface area contributed by atoms with E-state index in [1.807, 2.05) is 6.92 Å². The van der Waals surface area contributed by atoms with Crippen molar-refractivity contribution < 1.29 is 22.7 Å². The number of aryl methyl sites for hydroxylation is 1. The van der Waals surface area contributed by atoms with Crippen molar-refractivity contribution in [3.63, 3.8) is 0 Å². The number of rotatable bonds is 11. The van der Waals surface area contributed by atoms with Crippen molar-refractivity contribution in [1.29, 1.82) is 0 Å². The van der Waals surface area contributed by atoms with Gasteiger partial charge in [-0.15, -0.1) is 5.10 Å². The van der Waals surface area contributed by atoms with Gasteiger partial charge in [-0.25, -0.2) is 22.6 Å². The molecule has 3 aromatic rings. The van der Waals surface area contributed by atoms with Crippen molar-refractivity contribution in [2.24, 2.45) is 0 Å². The molecule has 0 aliphatic heterocycles. The van der Waals surface area contributed by atoms with E-state index in [9.17, 15) is 13.2 Å². The van der Waals surface area contributed by atoms with Crippen LogP contribution in [0.15, 0.2) is 47.4 Å². The standard InChI is InChI=1S/C21H24ClN5O5S/c1-3-4-11-27-20(24-25-26-27)14-32-21(28)16-7-10-18(31-2)19(12-16)33(29,30)23-13-15-5-8-17(22)9-6-15/h5-10,12,23H,3-4,11,13-14H2,1-2H3. The monoisotopic (exact) mass is 493 g/mol. The second-order valence-electron chi connectivity index (χ2n) is 7.06. The number of ether oxygens (including phenoxy) is 2. The number of esters is 1. The zero-order valence-electron chi connectivity index (χ0n) is 18.2. The van der Waals surface area contributed by atoms with Crippen molar-refractivity contribution in [1.82, 2.24) is 24.9 Å². The molecule has 0 aliphatic rings. The second-order valence-corrected chi connectivity index (χ2v) is 9.24. The summed E-state index contributed by atoms with van der Waals surface area (Å²) in [5, 5.41) is 11.9. The Hall–Kier alpha value is -3.02. The maximum Gasteiger partial charge on any atom is 0.338 e. The number of unbranched alkanes of at least 4 members (excludes halogenated alkanes) is 1. The Morgan fingerprint density at radius 1 is 1.18 bits per heavy atom. The summed E-state index contributed by atoms with van der Waals surface area (Å²) in [5.41, 5.74) is 0.772. The number of aromatic nitrogens is 4. The molecule has 1 N–H and O–H groups in total.